The number of benzene rings is 2. The van der Waals surface area contributed by atoms with Crippen LogP contribution >= 0.6 is 0 Å². The normalized spacial score (nSPS) is 24.9. The Labute approximate surface area is 350 Å². The Kier molecular flexibility index (Phi) is 10.1. The second-order valence-corrected chi connectivity index (χ2v) is 16.4. The fourth-order valence-electron chi connectivity index (χ4n) is 9.63. The molecule has 7 heterocycles. The average molecular weight is 830 g/mol. The first-order valence-electron chi connectivity index (χ1n) is 20.1. The van der Waals surface area contributed by atoms with Gasteiger partial charge < -0.3 is 34.2 Å². The summed E-state index contributed by atoms with van der Waals surface area (Å²) >= 11 is 0. The molecule has 1 amide bonds. The summed E-state index contributed by atoms with van der Waals surface area (Å²) in [6.45, 7) is 9.87. The van der Waals surface area contributed by atoms with Gasteiger partial charge in [0.15, 0.2) is 5.82 Å². The van der Waals surface area contributed by atoms with Crippen molar-refractivity contribution in [1.29, 1.82) is 5.26 Å². The Morgan fingerprint density at radius 2 is 2.02 bits per heavy atom. The molecular formula is C45H42F3N9O4. The number of nitrogens with zero attached hydrogens (tertiary/aromatic N) is 9. The van der Waals surface area contributed by atoms with Crippen molar-refractivity contribution in [3.8, 4) is 41.4 Å². The van der Waals surface area contributed by atoms with E-state index in [1.54, 1.807) is 11.1 Å². The Morgan fingerprint density at radius 3 is 2.79 bits per heavy atom. The fourth-order valence-corrected chi connectivity index (χ4v) is 9.63. The van der Waals surface area contributed by atoms with E-state index < -0.39 is 35.3 Å². The zero-order chi connectivity index (χ0) is 42.7. The van der Waals surface area contributed by atoms with Crippen LogP contribution in [0.4, 0.5) is 30.5 Å². The maximum Gasteiger partial charge on any atom is 0.319 e. The van der Waals surface area contributed by atoms with Crippen molar-refractivity contribution in [1.82, 2.24) is 24.8 Å². The number of terminal acetylenes is 1. The molecule has 6 atom stereocenters. The van der Waals surface area contributed by atoms with Crippen molar-refractivity contribution in [3.63, 3.8) is 0 Å². The minimum atomic E-state index is -1.18. The number of alkyl halides is 1. The van der Waals surface area contributed by atoms with Crippen molar-refractivity contribution in [2.75, 3.05) is 60.7 Å². The number of fused-ring (bicyclic) bond motifs is 4. The molecule has 13 nitrogen and oxygen atoms in total. The summed E-state index contributed by atoms with van der Waals surface area (Å²) in [4.78, 5) is 39.2. The van der Waals surface area contributed by atoms with Crippen LogP contribution in [0.3, 0.4) is 0 Å². The van der Waals surface area contributed by atoms with E-state index in [2.05, 4.69) is 45.3 Å². The highest BCUT2D eigenvalue weighted by Crippen LogP contribution is 2.42. The summed E-state index contributed by atoms with van der Waals surface area (Å²) in [5.41, 5.74) is -0.675. The van der Waals surface area contributed by atoms with Crippen LogP contribution in [0.15, 0.2) is 61.4 Å². The summed E-state index contributed by atoms with van der Waals surface area (Å²) < 4.78 is 59.9. The van der Waals surface area contributed by atoms with E-state index in [1.165, 1.54) is 36.5 Å². The largest absolute Gasteiger partial charge is 0.508 e. The SMILES string of the molecule is C#Cc1c(F)ccc2cc(O)cc(-c3ncc4c(N5C[C@H]6CC(C#N)[C@@H](C5)N6C(=O)C=C)nc(OC[C@]5(C)C[C@@H](F)CN5c5ccnc(N6CCOC[C@H]6C)c5)nc4c3F)c12. The van der Waals surface area contributed by atoms with Gasteiger partial charge >= 0.3 is 6.01 Å². The molecule has 2 bridgehead atoms. The van der Waals surface area contributed by atoms with Crippen LogP contribution in [0.1, 0.15) is 32.3 Å². The van der Waals surface area contributed by atoms with Crippen molar-refractivity contribution >= 4 is 44.9 Å². The highest BCUT2D eigenvalue weighted by atomic mass is 19.1. The van der Waals surface area contributed by atoms with Crippen LogP contribution in [0.2, 0.25) is 0 Å². The van der Waals surface area contributed by atoms with Crippen LogP contribution < -0.4 is 19.4 Å². The van der Waals surface area contributed by atoms with E-state index >= 15 is 13.2 Å². The van der Waals surface area contributed by atoms with Crippen LogP contribution in [-0.2, 0) is 9.53 Å². The summed E-state index contributed by atoms with van der Waals surface area (Å²) in [6, 6.07) is 10.4. The minimum Gasteiger partial charge on any atom is -0.508 e. The number of nitriles is 1. The number of piperazine rings is 1. The number of hydrogen-bond acceptors (Lipinski definition) is 12. The van der Waals surface area contributed by atoms with E-state index in [-0.39, 0.29) is 101 Å². The number of aromatic nitrogens is 4. The third-order valence-electron chi connectivity index (χ3n) is 12.5. The molecule has 1 N–H and O–H groups in total. The smallest absolute Gasteiger partial charge is 0.319 e. The predicted molar refractivity (Wildman–Crippen MR) is 223 cm³/mol. The van der Waals surface area contributed by atoms with Gasteiger partial charge in [-0.15, -0.1) is 6.42 Å². The van der Waals surface area contributed by atoms with Gasteiger partial charge in [0.05, 0.1) is 59.8 Å². The summed E-state index contributed by atoms with van der Waals surface area (Å²) in [6.07, 6.45) is 9.44. The van der Waals surface area contributed by atoms with Gasteiger partial charge in [-0.25, -0.2) is 18.2 Å². The first-order chi connectivity index (χ1) is 29.4. The van der Waals surface area contributed by atoms with Gasteiger partial charge in [0, 0.05) is 67.7 Å². The molecule has 312 valence electrons. The van der Waals surface area contributed by atoms with Gasteiger partial charge in [0.25, 0.3) is 0 Å². The lowest BCUT2D eigenvalue weighted by atomic mass is 9.96. The second kappa shape index (κ2) is 15.4. The van der Waals surface area contributed by atoms with E-state index in [9.17, 15) is 15.2 Å². The number of morpholine rings is 1. The van der Waals surface area contributed by atoms with E-state index in [0.29, 0.717) is 31.6 Å². The van der Waals surface area contributed by atoms with Crippen molar-refractivity contribution in [2.24, 2.45) is 5.92 Å². The maximum atomic E-state index is 17.3. The molecule has 16 heteroatoms. The highest BCUT2D eigenvalue weighted by Gasteiger charge is 2.49. The molecule has 0 aliphatic carbocycles. The molecule has 0 spiro atoms. The molecule has 0 radical (unpaired) electrons. The fraction of sp³-hybridized carbons (Fsp3) is 0.378. The van der Waals surface area contributed by atoms with Crippen LogP contribution in [0.5, 0.6) is 11.8 Å². The molecule has 0 saturated carbocycles. The van der Waals surface area contributed by atoms with Gasteiger partial charge in [-0.2, -0.15) is 15.2 Å². The number of phenols is 1. The lowest BCUT2D eigenvalue weighted by molar-refractivity contribution is -0.129. The molecule has 9 rings (SSSR count). The van der Waals surface area contributed by atoms with Gasteiger partial charge in [0.1, 0.15) is 47.2 Å². The monoisotopic (exact) mass is 829 g/mol. The molecule has 2 aromatic carbocycles. The van der Waals surface area contributed by atoms with Gasteiger partial charge in [-0.05, 0) is 56.0 Å². The molecule has 4 aliphatic rings. The number of hydrogen-bond donors (Lipinski definition) is 1. The zero-order valence-electron chi connectivity index (χ0n) is 33.6. The number of halogens is 3. The molecule has 4 aliphatic heterocycles. The molecule has 61 heavy (non-hydrogen) atoms. The Hall–Kier alpha value is -6.65. The lowest BCUT2D eigenvalue weighted by Gasteiger charge is -2.41. The number of aromatic hydroxyl groups is 1. The first-order valence-corrected chi connectivity index (χ1v) is 20.1. The molecule has 4 saturated heterocycles. The Bertz CT molecular complexity index is 2690. The van der Waals surface area contributed by atoms with Gasteiger partial charge in [-0.3, -0.25) is 9.78 Å². The number of pyridine rings is 2. The number of carbonyl (C=O) groups is 1. The first kappa shape index (κ1) is 39.8. The number of ether oxygens (including phenoxy) is 2. The third-order valence-corrected chi connectivity index (χ3v) is 12.5. The third kappa shape index (κ3) is 6.85. The molecule has 3 aromatic heterocycles. The number of phenolic OH excluding ortho intramolecular Hbond substituents is 1. The zero-order valence-corrected chi connectivity index (χ0v) is 33.6. The summed E-state index contributed by atoms with van der Waals surface area (Å²) in [5, 5.41) is 21.5. The van der Waals surface area contributed by atoms with E-state index in [4.69, 9.17) is 20.9 Å². The topological polar surface area (TPSA) is 144 Å². The summed E-state index contributed by atoms with van der Waals surface area (Å²) in [7, 11) is 0. The average Bonchev–Trinajstić information content (AvgIpc) is 3.69. The van der Waals surface area contributed by atoms with Crippen LogP contribution in [0.25, 0.3) is 32.9 Å². The molecular weight excluding hydrogens is 788 g/mol. The van der Waals surface area contributed by atoms with Crippen LogP contribution in [0, 0.1) is 41.2 Å². The number of carbonyl (C=O) groups excluding carboxylic acids is 1. The number of anilines is 3. The summed E-state index contributed by atoms with van der Waals surface area (Å²) in [5.74, 6) is 0.769. The molecule has 5 aromatic rings. The van der Waals surface area contributed by atoms with Gasteiger partial charge in [-0.1, -0.05) is 18.6 Å². The molecule has 4 fully saturated rings. The molecule has 1 unspecified atom stereocenters. The van der Waals surface area contributed by atoms with E-state index in [1.807, 2.05) is 28.9 Å². The Morgan fingerprint density at radius 1 is 1.18 bits per heavy atom. The van der Waals surface area contributed by atoms with Crippen molar-refractivity contribution < 1.29 is 32.5 Å². The number of amides is 1. The number of rotatable bonds is 8. The standard InChI is InChI=1S/C45H42F3N9O4/c1-5-32-35(47)8-7-26-14-31(58)16-33(39(26)32)41-40(48)42-34(19-51-41)43(54-21-30-13-27(18-49)36(22-54)57(30)38(59)6-2)53-44(52-42)61-24-45(4)17-28(46)20-56(45)29-9-10-50-37(15-29)55-11-12-60-23-25(55)3/h1,6-10,14-16,19,25,27-28,30,36,58H,2,11-13,17,20-24H2,3-4H3/t25-,27?,28-,30-,36-,45+/m1/s1. The van der Waals surface area contributed by atoms with E-state index in [0.717, 1.165) is 11.5 Å². The minimum absolute atomic E-state index is 0.0437. The lowest BCUT2D eigenvalue weighted by Crippen LogP contribution is -2.56. The van der Waals surface area contributed by atoms with Crippen molar-refractivity contribution in [2.45, 2.75) is 56.5 Å². The van der Waals surface area contributed by atoms with Gasteiger partial charge in [0.2, 0.25) is 5.91 Å². The second-order valence-electron chi connectivity index (χ2n) is 16.4. The highest BCUT2D eigenvalue weighted by molar-refractivity contribution is 6.03. The maximum absolute atomic E-state index is 17.3. The Balaban J connectivity index is 1.13. The quantitative estimate of drug-likeness (QED) is 0.146. The van der Waals surface area contributed by atoms with Crippen molar-refractivity contribution in [3.05, 3.63) is 78.6 Å². The predicted octanol–water partition coefficient (Wildman–Crippen LogP) is 5.93. The van der Waals surface area contributed by atoms with Crippen LogP contribution in [-0.4, -0.2) is 112 Å².